The highest BCUT2D eigenvalue weighted by atomic mass is 16.4. The van der Waals surface area contributed by atoms with E-state index in [4.69, 9.17) is 0 Å². The molecule has 35 heavy (non-hydrogen) atoms. The first-order valence-electron chi connectivity index (χ1n) is 13.6. The van der Waals surface area contributed by atoms with Gasteiger partial charge in [0.15, 0.2) is 0 Å². The SMILES string of the molecule is O=C([O-])CC1Cc2cc(NC(=O)CCC3CCNCC3)ccc2CN(CCC2CCCCC2)C1=O. The molecule has 0 aromatic heterocycles. The van der Waals surface area contributed by atoms with E-state index in [1.54, 1.807) is 0 Å². The van der Waals surface area contributed by atoms with Gasteiger partial charge in [-0.3, -0.25) is 9.59 Å². The molecule has 2 N–H and O–H groups in total. The van der Waals surface area contributed by atoms with Gasteiger partial charge in [-0.15, -0.1) is 0 Å². The normalized spacial score (nSPS) is 21.9. The highest BCUT2D eigenvalue weighted by molar-refractivity contribution is 5.91. The highest BCUT2D eigenvalue weighted by Crippen LogP contribution is 2.30. The van der Waals surface area contributed by atoms with Crippen molar-refractivity contribution in [1.29, 1.82) is 0 Å². The number of carboxylic acids is 1. The maximum absolute atomic E-state index is 13.3. The molecule has 2 amide bonds. The van der Waals surface area contributed by atoms with E-state index in [2.05, 4.69) is 10.6 Å². The zero-order chi connectivity index (χ0) is 24.6. The van der Waals surface area contributed by atoms with Crippen LogP contribution in [0.3, 0.4) is 0 Å². The van der Waals surface area contributed by atoms with Gasteiger partial charge in [-0.05, 0) is 86.7 Å². The lowest BCUT2D eigenvalue weighted by molar-refractivity contribution is -0.306. The van der Waals surface area contributed by atoms with E-state index >= 15 is 0 Å². The standard InChI is InChI=1S/C28H41N3O4/c32-26(9-6-21-10-13-29-14-11-21)30-25-8-7-22-19-31(15-12-20-4-2-1-3-5-20)28(35)24(18-27(33)34)16-23(22)17-25/h7-8,17,20-21,24,29H,1-6,9-16,18-19H2,(H,30,32)(H,33,34)/p-1. The van der Waals surface area contributed by atoms with Gasteiger partial charge in [0.2, 0.25) is 11.8 Å². The van der Waals surface area contributed by atoms with Gasteiger partial charge in [-0.1, -0.05) is 38.2 Å². The van der Waals surface area contributed by atoms with Crippen LogP contribution >= 0.6 is 0 Å². The number of benzene rings is 1. The molecule has 1 atom stereocenters. The third-order valence-corrected chi connectivity index (χ3v) is 8.16. The number of rotatable bonds is 9. The molecule has 2 heterocycles. The van der Waals surface area contributed by atoms with Crippen molar-refractivity contribution in [3.05, 3.63) is 29.3 Å². The van der Waals surface area contributed by atoms with Crippen molar-refractivity contribution in [3.8, 4) is 0 Å². The predicted molar refractivity (Wildman–Crippen MR) is 133 cm³/mol. The summed E-state index contributed by atoms with van der Waals surface area (Å²) in [4.78, 5) is 39.1. The van der Waals surface area contributed by atoms with Crippen LogP contribution in [0.5, 0.6) is 0 Å². The fraction of sp³-hybridized carbons (Fsp3) is 0.679. The Morgan fingerprint density at radius 3 is 2.49 bits per heavy atom. The molecule has 1 saturated heterocycles. The lowest BCUT2D eigenvalue weighted by atomic mass is 9.87. The third kappa shape index (κ3) is 7.53. The van der Waals surface area contributed by atoms with Crippen LogP contribution in [-0.4, -0.2) is 42.3 Å². The molecule has 1 unspecified atom stereocenters. The first kappa shape index (κ1) is 25.7. The van der Waals surface area contributed by atoms with Gasteiger partial charge in [0, 0.05) is 37.1 Å². The van der Waals surface area contributed by atoms with Gasteiger partial charge < -0.3 is 25.4 Å². The number of carboxylic acid groups (broad SMARTS) is 1. The lowest BCUT2D eigenvalue weighted by Gasteiger charge is -2.28. The number of carbonyl (C=O) groups is 3. The molecular formula is C28H40N3O4-. The van der Waals surface area contributed by atoms with Crippen LogP contribution in [0.4, 0.5) is 5.69 Å². The Morgan fingerprint density at radius 2 is 1.74 bits per heavy atom. The second kappa shape index (κ2) is 12.5. The molecule has 3 aliphatic rings. The van der Waals surface area contributed by atoms with Gasteiger partial charge in [0.1, 0.15) is 0 Å². The first-order chi connectivity index (χ1) is 17.0. The number of anilines is 1. The number of carbonyl (C=O) groups excluding carboxylic acids is 3. The van der Waals surface area contributed by atoms with E-state index in [0.29, 0.717) is 37.8 Å². The molecule has 0 radical (unpaired) electrons. The van der Waals surface area contributed by atoms with Crippen molar-refractivity contribution in [3.63, 3.8) is 0 Å². The minimum Gasteiger partial charge on any atom is -0.550 e. The van der Waals surface area contributed by atoms with Crippen LogP contribution in [0.2, 0.25) is 0 Å². The van der Waals surface area contributed by atoms with Crippen molar-refractivity contribution in [2.75, 3.05) is 25.0 Å². The molecule has 0 spiro atoms. The third-order valence-electron chi connectivity index (χ3n) is 8.16. The van der Waals surface area contributed by atoms with Gasteiger partial charge in [-0.25, -0.2) is 0 Å². The summed E-state index contributed by atoms with van der Waals surface area (Å²) < 4.78 is 0. The molecule has 1 aromatic carbocycles. The number of aliphatic carboxylic acids is 1. The Kier molecular flexibility index (Phi) is 9.18. The first-order valence-corrected chi connectivity index (χ1v) is 13.6. The molecule has 192 valence electrons. The van der Waals surface area contributed by atoms with Gasteiger partial charge >= 0.3 is 0 Å². The average Bonchev–Trinajstić information content (AvgIpc) is 2.98. The Morgan fingerprint density at radius 1 is 1.00 bits per heavy atom. The molecule has 1 aliphatic carbocycles. The summed E-state index contributed by atoms with van der Waals surface area (Å²) >= 11 is 0. The number of fused-ring (bicyclic) bond motifs is 1. The zero-order valence-corrected chi connectivity index (χ0v) is 20.9. The van der Waals surface area contributed by atoms with Crippen molar-refractivity contribution in [2.24, 2.45) is 17.8 Å². The molecule has 7 heteroatoms. The Bertz CT molecular complexity index is 890. The Balaban J connectivity index is 1.40. The Labute approximate surface area is 209 Å². The maximum atomic E-state index is 13.3. The van der Waals surface area contributed by atoms with Gasteiger partial charge in [0.05, 0.1) is 0 Å². The van der Waals surface area contributed by atoms with Crippen LogP contribution in [0.25, 0.3) is 0 Å². The molecular weight excluding hydrogens is 442 g/mol. The van der Waals surface area contributed by atoms with E-state index in [9.17, 15) is 19.5 Å². The molecule has 1 saturated carbocycles. The second-order valence-electron chi connectivity index (χ2n) is 10.8. The van der Waals surface area contributed by atoms with Crippen LogP contribution in [0, 0.1) is 17.8 Å². The summed E-state index contributed by atoms with van der Waals surface area (Å²) in [6.45, 7) is 3.22. The van der Waals surface area contributed by atoms with Crippen molar-refractivity contribution in [1.82, 2.24) is 10.2 Å². The van der Waals surface area contributed by atoms with Gasteiger partial charge in [0.25, 0.3) is 0 Å². The summed E-state index contributed by atoms with van der Waals surface area (Å²) in [5, 5.41) is 17.8. The average molecular weight is 483 g/mol. The van der Waals surface area contributed by atoms with Gasteiger partial charge in [-0.2, -0.15) is 0 Å². The number of nitrogens with one attached hydrogen (secondary N) is 2. The van der Waals surface area contributed by atoms with E-state index in [1.807, 2.05) is 23.1 Å². The Hall–Kier alpha value is -2.41. The highest BCUT2D eigenvalue weighted by Gasteiger charge is 2.30. The lowest BCUT2D eigenvalue weighted by Crippen LogP contribution is -2.38. The second-order valence-corrected chi connectivity index (χ2v) is 10.8. The minimum atomic E-state index is -1.19. The summed E-state index contributed by atoms with van der Waals surface area (Å²) in [6.07, 6.45) is 11.0. The van der Waals surface area contributed by atoms with Crippen LogP contribution in [-0.2, 0) is 27.3 Å². The molecule has 4 rings (SSSR count). The van der Waals surface area contributed by atoms with E-state index in [0.717, 1.165) is 55.6 Å². The van der Waals surface area contributed by atoms with Crippen LogP contribution in [0.15, 0.2) is 18.2 Å². The summed E-state index contributed by atoms with van der Waals surface area (Å²) in [7, 11) is 0. The van der Waals surface area contributed by atoms with Crippen LogP contribution < -0.4 is 15.7 Å². The zero-order valence-electron chi connectivity index (χ0n) is 20.9. The van der Waals surface area contributed by atoms with Crippen molar-refractivity contribution in [2.45, 2.75) is 83.6 Å². The molecule has 7 nitrogen and oxygen atoms in total. The topological polar surface area (TPSA) is 102 Å². The largest absolute Gasteiger partial charge is 0.550 e. The van der Waals surface area contributed by atoms with Crippen molar-refractivity contribution >= 4 is 23.5 Å². The smallest absolute Gasteiger partial charge is 0.226 e. The number of hydrogen-bond donors (Lipinski definition) is 2. The fourth-order valence-corrected chi connectivity index (χ4v) is 6.04. The quantitative estimate of drug-likeness (QED) is 0.563. The fourth-order valence-electron chi connectivity index (χ4n) is 6.04. The van der Waals surface area contributed by atoms with Crippen molar-refractivity contribution < 1.29 is 19.5 Å². The number of hydrogen-bond acceptors (Lipinski definition) is 5. The predicted octanol–water partition coefficient (Wildman–Crippen LogP) is 3.02. The molecule has 2 aliphatic heterocycles. The maximum Gasteiger partial charge on any atom is 0.226 e. The number of nitrogens with zero attached hydrogens (tertiary/aromatic N) is 1. The number of amides is 2. The summed E-state index contributed by atoms with van der Waals surface area (Å²) in [5.74, 6) is -0.645. The molecule has 0 bridgehead atoms. The van der Waals surface area contributed by atoms with Crippen LogP contribution in [0.1, 0.15) is 81.8 Å². The van der Waals surface area contributed by atoms with E-state index in [1.165, 1.54) is 32.1 Å². The monoisotopic (exact) mass is 482 g/mol. The van der Waals surface area contributed by atoms with E-state index < -0.39 is 11.9 Å². The van der Waals surface area contributed by atoms with E-state index in [-0.39, 0.29) is 18.2 Å². The minimum absolute atomic E-state index is 0.00794. The number of piperidine rings is 1. The molecule has 2 fully saturated rings. The summed E-state index contributed by atoms with van der Waals surface area (Å²) in [6, 6.07) is 5.82. The molecule has 1 aromatic rings. The summed E-state index contributed by atoms with van der Waals surface area (Å²) in [5.41, 5.74) is 2.70.